The maximum absolute atomic E-state index is 12.9. The van der Waals surface area contributed by atoms with E-state index in [1.807, 2.05) is 0 Å². The summed E-state index contributed by atoms with van der Waals surface area (Å²) in [6, 6.07) is -2.80. The Morgan fingerprint density at radius 3 is 1.30 bits per heavy atom. The van der Waals surface area contributed by atoms with Crippen LogP contribution in [0.4, 0.5) is 0 Å². The van der Waals surface area contributed by atoms with Gasteiger partial charge in [0.2, 0.25) is 23.6 Å². The Balaban J connectivity index is 2.13. The zero-order valence-electron chi connectivity index (χ0n) is 33.2. The fourth-order valence-electron chi connectivity index (χ4n) is 6.90. The zero-order chi connectivity index (χ0) is 41.6. The SMILES string of the molecule is O=C(O)CCCCCCCCCCCCCCCCCCC(=O)NCC1CCC(C(=O)NC(CCC(=O)N[C@@H](CCC(=O)NCC(=O)O)C(=O)O)C(=O)O)CC1. The maximum Gasteiger partial charge on any atom is 0.326 e. The van der Waals surface area contributed by atoms with Crippen LogP contribution in [0.5, 0.6) is 0 Å². The fraction of sp³-hybridized carbons (Fsp3) is 0.800. The van der Waals surface area contributed by atoms with E-state index in [4.69, 9.17) is 10.2 Å². The van der Waals surface area contributed by atoms with Gasteiger partial charge in [-0.2, -0.15) is 0 Å². The highest BCUT2D eigenvalue weighted by Gasteiger charge is 2.30. The molecule has 0 heterocycles. The van der Waals surface area contributed by atoms with Crippen LogP contribution in [0, 0.1) is 11.8 Å². The zero-order valence-corrected chi connectivity index (χ0v) is 33.2. The highest BCUT2D eigenvalue weighted by Crippen LogP contribution is 2.29. The second kappa shape index (κ2) is 30.9. The van der Waals surface area contributed by atoms with Crippen molar-refractivity contribution in [3.63, 3.8) is 0 Å². The molecule has 2 atom stereocenters. The smallest absolute Gasteiger partial charge is 0.326 e. The predicted molar refractivity (Wildman–Crippen MR) is 207 cm³/mol. The Kier molecular flexibility index (Phi) is 27.5. The molecule has 1 aliphatic rings. The van der Waals surface area contributed by atoms with E-state index >= 15 is 0 Å². The number of aliphatic carboxylic acids is 4. The minimum atomic E-state index is -1.44. The van der Waals surface area contributed by atoms with Crippen molar-refractivity contribution in [3.05, 3.63) is 0 Å². The number of hydrogen-bond donors (Lipinski definition) is 8. The summed E-state index contributed by atoms with van der Waals surface area (Å²) in [5.74, 6) is -6.74. The van der Waals surface area contributed by atoms with Gasteiger partial charge < -0.3 is 41.7 Å². The van der Waals surface area contributed by atoms with Crippen LogP contribution in [0.3, 0.4) is 0 Å². The molecule has 0 aliphatic heterocycles. The van der Waals surface area contributed by atoms with E-state index in [2.05, 4.69) is 21.3 Å². The highest BCUT2D eigenvalue weighted by atomic mass is 16.4. The van der Waals surface area contributed by atoms with Crippen molar-refractivity contribution >= 4 is 47.5 Å². The van der Waals surface area contributed by atoms with Gasteiger partial charge in [-0.3, -0.25) is 28.8 Å². The van der Waals surface area contributed by atoms with E-state index in [1.54, 1.807) is 0 Å². The topological polar surface area (TPSA) is 266 Å². The van der Waals surface area contributed by atoms with Crippen molar-refractivity contribution in [1.82, 2.24) is 21.3 Å². The van der Waals surface area contributed by atoms with Gasteiger partial charge in [-0.25, -0.2) is 9.59 Å². The summed E-state index contributed by atoms with van der Waals surface area (Å²) in [6.45, 7) is -0.0859. The Hall–Kier alpha value is -4.24. The Labute approximate surface area is 331 Å². The standard InChI is InChI=1S/C40H68N4O12/c45-33(17-15-13-11-9-7-5-3-1-2-4-6-8-10-12-14-16-18-36(48)49)41-27-29-19-21-30(22-20-29)38(52)44-32(40(55)56)24-26-35(47)43-31(39(53)54)23-25-34(46)42-28-37(50)51/h29-32H,1-28H2,(H,41,45)(H,42,46)(H,43,47)(H,44,52)(H,48,49)(H,50,51)(H,53,54)(H,55,56)/t29?,30?,31-,32?/m0/s1. The molecule has 1 rings (SSSR count). The van der Waals surface area contributed by atoms with Crippen molar-refractivity contribution in [3.8, 4) is 0 Å². The highest BCUT2D eigenvalue weighted by molar-refractivity contribution is 5.87. The van der Waals surface area contributed by atoms with Gasteiger partial charge in [0.25, 0.3) is 0 Å². The van der Waals surface area contributed by atoms with E-state index in [9.17, 15) is 48.6 Å². The molecule has 4 amide bonds. The molecular weight excluding hydrogens is 728 g/mol. The van der Waals surface area contributed by atoms with Crippen LogP contribution in [0.15, 0.2) is 0 Å². The average Bonchev–Trinajstić information content (AvgIpc) is 3.15. The van der Waals surface area contributed by atoms with Crippen LogP contribution in [-0.2, 0) is 38.4 Å². The molecule has 0 aromatic heterocycles. The molecule has 16 heteroatoms. The van der Waals surface area contributed by atoms with Crippen molar-refractivity contribution in [1.29, 1.82) is 0 Å². The molecule has 1 unspecified atom stereocenters. The predicted octanol–water partition coefficient (Wildman–Crippen LogP) is 4.92. The van der Waals surface area contributed by atoms with E-state index < -0.39 is 66.1 Å². The van der Waals surface area contributed by atoms with Gasteiger partial charge in [0.15, 0.2) is 0 Å². The van der Waals surface area contributed by atoms with Gasteiger partial charge >= 0.3 is 23.9 Å². The summed E-state index contributed by atoms with van der Waals surface area (Å²) >= 11 is 0. The number of rotatable bonds is 34. The number of carboxylic acids is 4. The number of carboxylic acid groups (broad SMARTS) is 4. The molecule has 1 fully saturated rings. The number of nitrogens with one attached hydrogen (secondary N) is 4. The number of unbranched alkanes of at least 4 members (excludes halogenated alkanes) is 15. The fourth-order valence-corrected chi connectivity index (χ4v) is 6.90. The number of carbonyl (C=O) groups excluding carboxylic acids is 4. The molecule has 0 aromatic rings. The number of hydrogen-bond acceptors (Lipinski definition) is 8. The summed E-state index contributed by atoms with van der Waals surface area (Å²) < 4.78 is 0. The van der Waals surface area contributed by atoms with Crippen LogP contribution in [0.1, 0.15) is 167 Å². The second-order valence-electron chi connectivity index (χ2n) is 15.2. The molecule has 0 spiro atoms. The van der Waals surface area contributed by atoms with Crippen molar-refractivity contribution < 1.29 is 58.8 Å². The summed E-state index contributed by atoms with van der Waals surface area (Å²) in [5.41, 5.74) is 0. The molecule has 1 aliphatic carbocycles. The largest absolute Gasteiger partial charge is 0.481 e. The van der Waals surface area contributed by atoms with Gasteiger partial charge in [0.1, 0.15) is 18.6 Å². The molecule has 1 saturated carbocycles. The van der Waals surface area contributed by atoms with Crippen molar-refractivity contribution in [2.45, 2.75) is 179 Å². The third-order valence-corrected chi connectivity index (χ3v) is 10.4. The van der Waals surface area contributed by atoms with Crippen LogP contribution in [0.25, 0.3) is 0 Å². The van der Waals surface area contributed by atoms with Crippen LogP contribution >= 0.6 is 0 Å². The summed E-state index contributed by atoms with van der Waals surface area (Å²) in [6.07, 6.45) is 20.5. The van der Waals surface area contributed by atoms with E-state index in [0.29, 0.717) is 38.6 Å². The Morgan fingerprint density at radius 1 is 0.446 bits per heavy atom. The molecule has 56 heavy (non-hydrogen) atoms. The number of carbonyl (C=O) groups is 8. The Morgan fingerprint density at radius 2 is 0.857 bits per heavy atom. The summed E-state index contributed by atoms with van der Waals surface area (Å²) in [4.78, 5) is 93.7. The van der Waals surface area contributed by atoms with Crippen LogP contribution in [-0.4, -0.2) is 93.1 Å². The lowest BCUT2D eigenvalue weighted by molar-refractivity contribution is -0.144. The van der Waals surface area contributed by atoms with Crippen LogP contribution < -0.4 is 21.3 Å². The van der Waals surface area contributed by atoms with Gasteiger partial charge in [-0.05, 0) is 57.3 Å². The lowest BCUT2D eigenvalue weighted by atomic mass is 9.81. The number of amides is 4. The molecule has 0 radical (unpaired) electrons. The van der Waals surface area contributed by atoms with E-state index in [1.165, 1.54) is 64.2 Å². The minimum Gasteiger partial charge on any atom is -0.481 e. The maximum atomic E-state index is 12.9. The molecule has 320 valence electrons. The molecule has 0 aromatic carbocycles. The molecular formula is C40H68N4O12. The van der Waals surface area contributed by atoms with Gasteiger partial charge in [0, 0.05) is 38.1 Å². The van der Waals surface area contributed by atoms with Crippen molar-refractivity contribution in [2.24, 2.45) is 11.8 Å². The lowest BCUT2D eigenvalue weighted by Crippen LogP contribution is -2.46. The third-order valence-electron chi connectivity index (χ3n) is 10.4. The monoisotopic (exact) mass is 796 g/mol. The van der Waals surface area contributed by atoms with E-state index in [-0.39, 0.29) is 43.9 Å². The quantitative estimate of drug-likeness (QED) is 0.0404. The minimum absolute atomic E-state index is 0.0345. The van der Waals surface area contributed by atoms with Gasteiger partial charge in [0.05, 0.1) is 0 Å². The molecule has 8 N–H and O–H groups in total. The van der Waals surface area contributed by atoms with Gasteiger partial charge in [-0.1, -0.05) is 89.9 Å². The summed E-state index contributed by atoms with van der Waals surface area (Å²) in [7, 11) is 0. The molecule has 16 nitrogen and oxygen atoms in total. The van der Waals surface area contributed by atoms with E-state index in [0.717, 1.165) is 38.5 Å². The molecule has 0 bridgehead atoms. The lowest BCUT2D eigenvalue weighted by Gasteiger charge is -2.28. The average molecular weight is 797 g/mol. The normalized spacial score (nSPS) is 16.2. The molecule has 0 saturated heterocycles. The summed E-state index contributed by atoms with van der Waals surface area (Å²) in [5, 5.41) is 46.1. The first kappa shape index (κ1) is 49.8. The Bertz CT molecular complexity index is 1220. The van der Waals surface area contributed by atoms with Crippen molar-refractivity contribution in [2.75, 3.05) is 13.1 Å². The second-order valence-corrected chi connectivity index (χ2v) is 15.2. The van der Waals surface area contributed by atoms with Gasteiger partial charge in [-0.15, -0.1) is 0 Å². The first-order chi connectivity index (χ1) is 26.8. The first-order valence-corrected chi connectivity index (χ1v) is 20.8. The van der Waals surface area contributed by atoms with Crippen LogP contribution in [0.2, 0.25) is 0 Å². The first-order valence-electron chi connectivity index (χ1n) is 20.8. The third kappa shape index (κ3) is 26.5.